The van der Waals surface area contributed by atoms with E-state index in [0.717, 1.165) is 22.6 Å². The van der Waals surface area contributed by atoms with Gasteiger partial charge in [-0.2, -0.15) is 0 Å². The van der Waals surface area contributed by atoms with Gasteiger partial charge in [-0.05, 0) is 30.5 Å². The molecule has 4 heteroatoms. The molecule has 20 heavy (non-hydrogen) atoms. The fraction of sp³-hybridized carbons (Fsp3) is 0.438. The molecule has 0 spiro atoms. The molecule has 1 aliphatic rings. The van der Waals surface area contributed by atoms with Crippen molar-refractivity contribution in [2.24, 2.45) is 11.7 Å². The molecular formula is C16H22N2O2. The first-order valence-corrected chi connectivity index (χ1v) is 6.89. The van der Waals surface area contributed by atoms with Gasteiger partial charge in [0, 0.05) is 13.1 Å². The molecule has 2 rings (SSSR count). The minimum Gasteiger partial charge on any atom is -0.478 e. The first-order valence-electron chi connectivity index (χ1n) is 6.89. The van der Waals surface area contributed by atoms with E-state index in [1.807, 2.05) is 39.0 Å². The first kappa shape index (κ1) is 14.6. The zero-order valence-electron chi connectivity index (χ0n) is 12.3. The number of anilines is 1. The van der Waals surface area contributed by atoms with E-state index >= 15 is 0 Å². The Kier molecular flexibility index (Phi) is 4.14. The number of nitrogens with zero attached hydrogens (tertiary/aromatic N) is 1. The molecule has 0 aliphatic carbocycles. The topological polar surface area (TPSA) is 55.6 Å². The Balaban J connectivity index is 2.47. The van der Waals surface area contributed by atoms with E-state index in [1.54, 1.807) is 4.90 Å². The van der Waals surface area contributed by atoms with Crippen molar-refractivity contribution in [1.29, 1.82) is 0 Å². The smallest absolute Gasteiger partial charge is 0.268 e. The maximum atomic E-state index is 12.6. The third kappa shape index (κ3) is 2.70. The van der Waals surface area contributed by atoms with Crippen molar-refractivity contribution in [1.82, 2.24) is 0 Å². The van der Waals surface area contributed by atoms with Crippen LogP contribution >= 0.6 is 0 Å². The Bertz CT molecular complexity index is 537. The average Bonchev–Trinajstić information content (AvgIpc) is 2.40. The molecule has 2 N–H and O–H groups in total. The lowest BCUT2D eigenvalue weighted by Crippen LogP contribution is -2.48. The third-order valence-electron chi connectivity index (χ3n) is 3.35. The number of fused-ring (bicyclic) bond motifs is 1. The molecule has 0 bridgehead atoms. The van der Waals surface area contributed by atoms with Crippen LogP contribution in [0.15, 0.2) is 30.4 Å². The summed E-state index contributed by atoms with van der Waals surface area (Å²) in [6.07, 6.45) is -0.439. The molecule has 0 saturated carbocycles. The third-order valence-corrected chi connectivity index (χ3v) is 3.35. The normalized spacial score (nSPS) is 17.9. The summed E-state index contributed by atoms with van der Waals surface area (Å²) < 4.78 is 5.86. The second-order valence-electron chi connectivity index (χ2n) is 5.67. The minimum atomic E-state index is -0.439. The fourth-order valence-electron chi connectivity index (χ4n) is 2.31. The summed E-state index contributed by atoms with van der Waals surface area (Å²) in [6, 6.07) is 5.75. The van der Waals surface area contributed by atoms with Gasteiger partial charge in [0.2, 0.25) is 0 Å². The van der Waals surface area contributed by atoms with E-state index in [1.165, 1.54) is 0 Å². The van der Waals surface area contributed by atoms with Crippen LogP contribution in [0.4, 0.5) is 5.69 Å². The largest absolute Gasteiger partial charge is 0.478 e. The number of rotatable bonds is 4. The second kappa shape index (κ2) is 5.67. The van der Waals surface area contributed by atoms with Crippen LogP contribution in [0.25, 0.3) is 0 Å². The lowest BCUT2D eigenvalue weighted by molar-refractivity contribution is -0.128. The highest BCUT2D eigenvalue weighted by atomic mass is 16.5. The van der Waals surface area contributed by atoms with Crippen LogP contribution in [0.2, 0.25) is 0 Å². The molecular weight excluding hydrogens is 252 g/mol. The van der Waals surface area contributed by atoms with Gasteiger partial charge in [-0.3, -0.25) is 4.79 Å². The van der Waals surface area contributed by atoms with E-state index in [2.05, 4.69) is 6.58 Å². The van der Waals surface area contributed by atoms with Crippen molar-refractivity contribution >= 4 is 11.6 Å². The summed E-state index contributed by atoms with van der Waals surface area (Å²) in [6.45, 7) is 10.7. The fourth-order valence-corrected chi connectivity index (χ4v) is 2.31. The molecule has 1 aliphatic heterocycles. The zero-order valence-corrected chi connectivity index (χ0v) is 12.3. The second-order valence-corrected chi connectivity index (χ2v) is 5.67. The Morgan fingerprint density at radius 2 is 2.20 bits per heavy atom. The minimum absolute atomic E-state index is 0.00956. The number of carbonyl (C=O) groups is 1. The highest BCUT2D eigenvalue weighted by Crippen LogP contribution is 2.36. The average molecular weight is 274 g/mol. The predicted octanol–water partition coefficient (Wildman–Crippen LogP) is 2.47. The van der Waals surface area contributed by atoms with Crippen molar-refractivity contribution in [3.8, 4) is 5.75 Å². The first-order chi connectivity index (χ1) is 9.43. The summed E-state index contributed by atoms with van der Waals surface area (Å²) in [7, 11) is 0. The quantitative estimate of drug-likeness (QED) is 0.858. The molecule has 0 radical (unpaired) electrons. The number of nitrogens with two attached hydrogens (primary N) is 1. The predicted molar refractivity (Wildman–Crippen MR) is 80.8 cm³/mol. The number of amides is 1. The lowest BCUT2D eigenvalue weighted by Gasteiger charge is -2.36. The Morgan fingerprint density at radius 1 is 1.50 bits per heavy atom. The summed E-state index contributed by atoms with van der Waals surface area (Å²) in [5, 5.41) is 0. The van der Waals surface area contributed by atoms with Crippen molar-refractivity contribution in [3.05, 3.63) is 35.9 Å². The van der Waals surface area contributed by atoms with Gasteiger partial charge < -0.3 is 15.4 Å². The van der Waals surface area contributed by atoms with E-state index < -0.39 is 6.10 Å². The van der Waals surface area contributed by atoms with Crippen LogP contribution in [0.5, 0.6) is 5.75 Å². The van der Waals surface area contributed by atoms with Crippen LogP contribution in [-0.4, -0.2) is 18.6 Å². The highest BCUT2D eigenvalue weighted by molar-refractivity contribution is 6.00. The number of hydrogen-bond donors (Lipinski definition) is 1. The summed E-state index contributed by atoms with van der Waals surface area (Å²) >= 11 is 0. The van der Waals surface area contributed by atoms with Crippen LogP contribution < -0.4 is 15.4 Å². The number of carbonyl (C=O) groups excluding carboxylic acids is 1. The molecule has 1 atom stereocenters. The van der Waals surface area contributed by atoms with Gasteiger partial charge in [0.05, 0.1) is 5.69 Å². The Morgan fingerprint density at radius 3 is 2.75 bits per heavy atom. The molecule has 1 unspecified atom stereocenters. The van der Waals surface area contributed by atoms with Gasteiger partial charge in [0.1, 0.15) is 5.75 Å². The van der Waals surface area contributed by atoms with Crippen LogP contribution in [0.3, 0.4) is 0 Å². The maximum Gasteiger partial charge on any atom is 0.268 e. The lowest BCUT2D eigenvalue weighted by atomic mass is 10.0. The monoisotopic (exact) mass is 274 g/mol. The van der Waals surface area contributed by atoms with E-state index in [4.69, 9.17) is 10.5 Å². The maximum absolute atomic E-state index is 12.6. The molecule has 4 nitrogen and oxygen atoms in total. The van der Waals surface area contributed by atoms with Gasteiger partial charge in [-0.1, -0.05) is 32.1 Å². The summed E-state index contributed by atoms with van der Waals surface area (Å²) in [5.41, 5.74) is 8.39. The molecule has 0 saturated heterocycles. The standard InChI is InChI=1S/C16H22N2O2/c1-10(2)9-18-13-7-12(8-17)5-6-14(13)20-15(11(3)4)16(18)19/h5-7,11,15H,1,8-9,17H2,2-4H3. The van der Waals surface area contributed by atoms with Gasteiger partial charge in [-0.25, -0.2) is 0 Å². The van der Waals surface area contributed by atoms with Gasteiger partial charge >= 0.3 is 0 Å². The molecule has 0 fully saturated rings. The van der Waals surface area contributed by atoms with Gasteiger partial charge in [0.15, 0.2) is 6.10 Å². The SMILES string of the molecule is C=C(C)CN1C(=O)C(C(C)C)Oc2ccc(CN)cc21. The zero-order chi connectivity index (χ0) is 14.9. The van der Waals surface area contributed by atoms with E-state index in [-0.39, 0.29) is 11.8 Å². The van der Waals surface area contributed by atoms with Crippen LogP contribution in [0, 0.1) is 5.92 Å². The molecule has 0 aromatic heterocycles. The van der Waals surface area contributed by atoms with Gasteiger partial charge in [-0.15, -0.1) is 0 Å². The van der Waals surface area contributed by atoms with Crippen molar-refractivity contribution in [2.75, 3.05) is 11.4 Å². The molecule has 1 amide bonds. The molecule has 1 heterocycles. The van der Waals surface area contributed by atoms with Crippen molar-refractivity contribution in [3.63, 3.8) is 0 Å². The summed E-state index contributed by atoms with van der Waals surface area (Å²) in [5.74, 6) is 0.851. The van der Waals surface area contributed by atoms with E-state index in [0.29, 0.717) is 13.1 Å². The molecule has 108 valence electrons. The van der Waals surface area contributed by atoms with Crippen molar-refractivity contribution < 1.29 is 9.53 Å². The molecule has 1 aromatic rings. The number of benzene rings is 1. The number of hydrogen-bond acceptors (Lipinski definition) is 3. The number of ether oxygens (including phenoxy) is 1. The highest BCUT2D eigenvalue weighted by Gasteiger charge is 2.36. The summed E-state index contributed by atoms with van der Waals surface area (Å²) in [4.78, 5) is 14.3. The Hall–Kier alpha value is -1.81. The van der Waals surface area contributed by atoms with Crippen LogP contribution in [0.1, 0.15) is 26.3 Å². The molecule has 1 aromatic carbocycles. The van der Waals surface area contributed by atoms with E-state index in [9.17, 15) is 4.79 Å². The van der Waals surface area contributed by atoms with Crippen LogP contribution in [-0.2, 0) is 11.3 Å². The van der Waals surface area contributed by atoms with Gasteiger partial charge in [0.25, 0.3) is 5.91 Å². The Labute approximate surface area is 120 Å². The van der Waals surface area contributed by atoms with Crippen molar-refractivity contribution in [2.45, 2.75) is 33.4 Å².